The molecule has 0 fully saturated rings. The molecule has 1 aromatic rings. The SMILES string of the molecule is CCNC(=O)c1ccc(NCCCC(F)(F)F)c(N)c1. The summed E-state index contributed by atoms with van der Waals surface area (Å²) < 4.78 is 35.9. The van der Waals surface area contributed by atoms with Gasteiger partial charge < -0.3 is 16.4 Å². The first-order valence-electron chi connectivity index (χ1n) is 6.32. The fourth-order valence-corrected chi connectivity index (χ4v) is 1.64. The highest BCUT2D eigenvalue weighted by Crippen LogP contribution is 2.23. The van der Waals surface area contributed by atoms with E-state index < -0.39 is 12.6 Å². The summed E-state index contributed by atoms with van der Waals surface area (Å²) in [5.74, 6) is -0.233. The Hall–Kier alpha value is -1.92. The normalized spacial score (nSPS) is 11.2. The standard InChI is InChI=1S/C13H18F3N3O/c1-2-18-12(20)9-4-5-11(10(17)8-9)19-7-3-6-13(14,15)16/h4-5,8,19H,2-3,6-7,17H2,1H3,(H,18,20). The number of carbonyl (C=O) groups excluding carboxylic acids is 1. The Kier molecular flexibility index (Phi) is 5.66. The lowest BCUT2D eigenvalue weighted by Crippen LogP contribution is -2.22. The molecular formula is C13H18F3N3O. The van der Waals surface area contributed by atoms with Crippen LogP contribution in [0.2, 0.25) is 0 Å². The van der Waals surface area contributed by atoms with Crippen LogP contribution in [0.15, 0.2) is 18.2 Å². The number of nitrogens with one attached hydrogen (secondary N) is 2. The Balaban J connectivity index is 2.54. The van der Waals surface area contributed by atoms with Gasteiger partial charge >= 0.3 is 6.18 Å². The van der Waals surface area contributed by atoms with Gasteiger partial charge in [0, 0.05) is 25.1 Å². The minimum atomic E-state index is -4.14. The van der Waals surface area contributed by atoms with Gasteiger partial charge in [-0.15, -0.1) is 0 Å². The van der Waals surface area contributed by atoms with Gasteiger partial charge in [-0.1, -0.05) is 0 Å². The van der Waals surface area contributed by atoms with Crippen molar-refractivity contribution in [3.8, 4) is 0 Å². The molecule has 0 aliphatic carbocycles. The summed E-state index contributed by atoms with van der Waals surface area (Å²) in [7, 11) is 0. The van der Waals surface area contributed by atoms with Crippen LogP contribution in [0, 0.1) is 0 Å². The number of alkyl halides is 3. The molecule has 0 bridgehead atoms. The monoisotopic (exact) mass is 289 g/mol. The number of carbonyl (C=O) groups is 1. The molecule has 1 amide bonds. The Bertz CT molecular complexity index is 461. The minimum absolute atomic E-state index is 0.0268. The predicted molar refractivity (Wildman–Crippen MR) is 72.6 cm³/mol. The summed E-state index contributed by atoms with van der Waals surface area (Å²) in [6, 6.07) is 4.66. The molecule has 7 heteroatoms. The van der Waals surface area contributed by atoms with E-state index in [1.54, 1.807) is 19.1 Å². The number of halogens is 3. The van der Waals surface area contributed by atoms with Crippen molar-refractivity contribution in [3.63, 3.8) is 0 Å². The second-order valence-electron chi connectivity index (χ2n) is 4.31. The van der Waals surface area contributed by atoms with Crippen LogP contribution in [0.5, 0.6) is 0 Å². The number of hydrogen-bond donors (Lipinski definition) is 3. The molecule has 0 saturated carbocycles. The van der Waals surface area contributed by atoms with Gasteiger partial charge in [0.25, 0.3) is 5.91 Å². The number of amides is 1. The molecule has 4 nitrogen and oxygen atoms in total. The smallest absolute Gasteiger partial charge is 0.389 e. The van der Waals surface area contributed by atoms with Crippen LogP contribution >= 0.6 is 0 Å². The van der Waals surface area contributed by atoms with Gasteiger partial charge in [0.15, 0.2) is 0 Å². The lowest BCUT2D eigenvalue weighted by Gasteiger charge is -2.11. The van der Waals surface area contributed by atoms with Gasteiger partial charge in [0.2, 0.25) is 0 Å². The summed E-state index contributed by atoms with van der Waals surface area (Å²) >= 11 is 0. The van der Waals surface area contributed by atoms with Crippen LogP contribution in [0.4, 0.5) is 24.5 Å². The number of anilines is 2. The van der Waals surface area contributed by atoms with Crippen LogP contribution in [0.1, 0.15) is 30.1 Å². The molecule has 0 spiro atoms. The summed E-state index contributed by atoms with van der Waals surface area (Å²) in [6.07, 6.45) is -5.01. The molecule has 1 rings (SSSR count). The lowest BCUT2D eigenvalue weighted by atomic mass is 10.1. The highest BCUT2D eigenvalue weighted by molar-refractivity contribution is 5.96. The van der Waals surface area contributed by atoms with Crippen molar-refractivity contribution in [2.24, 2.45) is 0 Å². The van der Waals surface area contributed by atoms with E-state index in [1.807, 2.05) is 0 Å². The third-order valence-electron chi connectivity index (χ3n) is 2.60. The van der Waals surface area contributed by atoms with Crippen LogP contribution in [0.3, 0.4) is 0 Å². The maximum Gasteiger partial charge on any atom is 0.389 e. The van der Waals surface area contributed by atoms with Crippen molar-refractivity contribution < 1.29 is 18.0 Å². The zero-order valence-electron chi connectivity index (χ0n) is 11.2. The van der Waals surface area contributed by atoms with E-state index in [0.717, 1.165) is 0 Å². The molecule has 0 atom stereocenters. The number of nitrogens with two attached hydrogens (primary N) is 1. The van der Waals surface area contributed by atoms with Crippen molar-refractivity contribution in [2.75, 3.05) is 24.1 Å². The van der Waals surface area contributed by atoms with Crippen LogP contribution in [-0.2, 0) is 0 Å². The van der Waals surface area contributed by atoms with Gasteiger partial charge in [-0.05, 0) is 31.5 Å². The van der Waals surface area contributed by atoms with E-state index in [4.69, 9.17) is 5.73 Å². The topological polar surface area (TPSA) is 67.2 Å². The highest BCUT2D eigenvalue weighted by Gasteiger charge is 2.25. The molecule has 20 heavy (non-hydrogen) atoms. The van der Waals surface area contributed by atoms with E-state index in [0.29, 0.717) is 23.5 Å². The summed E-state index contributed by atoms with van der Waals surface area (Å²) in [5.41, 5.74) is 7.04. The molecular weight excluding hydrogens is 271 g/mol. The molecule has 0 aliphatic rings. The fraction of sp³-hybridized carbons (Fsp3) is 0.462. The van der Waals surface area contributed by atoms with Gasteiger partial charge in [0.05, 0.1) is 11.4 Å². The molecule has 4 N–H and O–H groups in total. The maximum atomic E-state index is 12.0. The van der Waals surface area contributed by atoms with Crippen LogP contribution in [-0.4, -0.2) is 25.2 Å². The Labute approximate surface area is 115 Å². The van der Waals surface area contributed by atoms with Gasteiger partial charge in [-0.25, -0.2) is 0 Å². The van der Waals surface area contributed by atoms with Crippen molar-refractivity contribution >= 4 is 17.3 Å². The van der Waals surface area contributed by atoms with Gasteiger partial charge in [0.1, 0.15) is 0 Å². The second-order valence-corrected chi connectivity index (χ2v) is 4.31. The first-order valence-corrected chi connectivity index (χ1v) is 6.32. The molecule has 0 radical (unpaired) electrons. The van der Waals surface area contributed by atoms with Gasteiger partial charge in [-0.3, -0.25) is 4.79 Å². The summed E-state index contributed by atoms with van der Waals surface area (Å²) in [6.45, 7) is 2.48. The first kappa shape index (κ1) is 16.1. The second kappa shape index (κ2) is 7.02. The maximum absolute atomic E-state index is 12.0. The zero-order valence-corrected chi connectivity index (χ0v) is 11.2. The molecule has 0 heterocycles. The summed E-state index contributed by atoms with van der Waals surface area (Å²) in [4.78, 5) is 11.6. The van der Waals surface area contributed by atoms with Crippen molar-refractivity contribution in [1.29, 1.82) is 0 Å². The number of benzene rings is 1. The van der Waals surface area contributed by atoms with Crippen LogP contribution < -0.4 is 16.4 Å². The Morgan fingerprint density at radius 2 is 2.05 bits per heavy atom. The van der Waals surface area contributed by atoms with Crippen molar-refractivity contribution in [3.05, 3.63) is 23.8 Å². The number of hydrogen-bond acceptors (Lipinski definition) is 3. The first-order chi connectivity index (χ1) is 9.33. The largest absolute Gasteiger partial charge is 0.397 e. The summed E-state index contributed by atoms with van der Waals surface area (Å²) in [5, 5.41) is 5.46. The van der Waals surface area contributed by atoms with E-state index in [9.17, 15) is 18.0 Å². The molecule has 112 valence electrons. The fourth-order valence-electron chi connectivity index (χ4n) is 1.64. The predicted octanol–water partition coefficient (Wildman–Crippen LogP) is 2.77. The quantitative estimate of drug-likeness (QED) is 0.557. The highest BCUT2D eigenvalue weighted by atomic mass is 19.4. The van der Waals surface area contributed by atoms with Crippen molar-refractivity contribution in [2.45, 2.75) is 25.9 Å². The minimum Gasteiger partial charge on any atom is -0.397 e. The average Bonchev–Trinajstić information content (AvgIpc) is 2.35. The van der Waals surface area contributed by atoms with Crippen LogP contribution in [0.25, 0.3) is 0 Å². The molecule has 1 aromatic carbocycles. The average molecular weight is 289 g/mol. The van der Waals surface area contributed by atoms with E-state index in [1.165, 1.54) is 6.07 Å². The zero-order chi connectivity index (χ0) is 15.2. The number of rotatable bonds is 6. The molecule has 0 unspecified atom stereocenters. The Morgan fingerprint density at radius 1 is 1.35 bits per heavy atom. The van der Waals surface area contributed by atoms with E-state index in [2.05, 4.69) is 10.6 Å². The molecule has 0 aliphatic heterocycles. The molecule has 0 aromatic heterocycles. The van der Waals surface area contributed by atoms with E-state index in [-0.39, 0.29) is 18.9 Å². The third kappa shape index (κ3) is 5.38. The molecule has 0 saturated heterocycles. The number of nitrogen functional groups attached to an aromatic ring is 1. The van der Waals surface area contributed by atoms with E-state index >= 15 is 0 Å². The third-order valence-corrected chi connectivity index (χ3v) is 2.60. The lowest BCUT2D eigenvalue weighted by molar-refractivity contribution is -0.134. The van der Waals surface area contributed by atoms with Crippen molar-refractivity contribution in [1.82, 2.24) is 5.32 Å². The van der Waals surface area contributed by atoms with Gasteiger partial charge in [-0.2, -0.15) is 13.2 Å². The Morgan fingerprint density at radius 3 is 2.60 bits per heavy atom.